The van der Waals surface area contributed by atoms with E-state index in [-0.39, 0.29) is 23.6 Å². The Morgan fingerprint density at radius 3 is 2.42 bits per heavy atom. The minimum Gasteiger partial charge on any atom is -0.493 e. The van der Waals surface area contributed by atoms with E-state index in [0.717, 1.165) is 9.13 Å². The lowest BCUT2D eigenvalue weighted by Crippen LogP contribution is -2.39. The first-order valence-electron chi connectivity index (χ1n) is 14.0. The normalized spacial score (nSPS) is 14.2. The van der Waals surface area contributed by atoms with Crippen molar-refractivity contribution in [1.29, 1.82) is 0 Å². The average molecular weight is 745 g/mol. The van der Waals surface area contributed by atoms with E-state index in [1.165, 1.54) is 48.5 Å². The number of fused-ring (bicyclic) bond motifs is 1. The van der Waals surface area contributed by atoms with Crippen LogP contribution in [-0.4, -0.2) is 38.0 Å². The third-order valence-electron chi connectivity index (χ3n) is 6.85. The van der Waals surface area contributed by atoms with E-state index in [1.807, 2.05) is 19.9 Å². The number of carbonyl (C=O) groups is 1. The molecule has 1 atom stereocenters. The first kappa shape index (κ1) is 32.2. The van der Waals surface area contributed by atoms with Gasteiger partial charge in [-0.3, -0.25) is 9.36 Å². The zero-order valence-electron chi connectivity index (χ0n) is 25.0. The van der Waals surface area contributed by atoms with Crippen molar-refractivity contribution in [3.05, 3.63) is 112 Å². The maximum absolute atomic E-state index is 14.0. The number of carbonyl (C=O) groups excluding carboxylic acids is 1. The van der Waals surface area contributed by atoms with Crippen LogP contribution in [0.4, 0.5) is 4.39 Å². The van der Waals surface area contributed by atoms with Gasteiger partial charge in [-0.15, -0.1) is 0 Å². The quantitative estimate of drug-likeness (QED) is 0.155. The number of methoxy groups -OCH3 is 2. The van der Waals surface area contributed by atoms with Gasteiger partial charge in [-0.2, -0.15) is 0 Å². The fourth-order valence-corrected chi connectivity index (χ4v) is 6.59. The van der Waals surface area contributed by atoms with Crippen LogP contribution >= 0.6 is 33.9 Å². The number of aromatic nitrogens is 1. The summed E-state index contributed by atoms with van der Waals surface area (Å²) < 4.78 is 44.2. The molecule has 0 saturated carbocycles. The van der Waals surface area contributed by atoms with Gasteiger partial charge < -0.3 is 23.7 Å². The molecule has 0 spiro atoms. The molecule has 5 rings (SSSR count). The fourth-order valence-electron chi connectivity index (χ4n) is 4.84. The molecular weight excluding hydrogens is 714 g/mol. The Morgan fingerprint density at radius 1 is 1.00 bits per heavy atom. The summed E-state index contributed by atoms with van der Waals surface area (Å²) in [7, 11) is 2.83. The molecule has 12 heteroatoms. The smallest absolute Gasteiger partial charge is 0.337 e. The number of hydrogen-bond acceptors (Lipinski definition) is 9. The topological polar surface area (TPSA) is 97.6 Å². The molecule has 0 N–H and O–H groups in total. The van der Waals surface area contributed by atoms with Crippen LogP contribution in [0, 0.1) is 9.39 Å². The monoisotopic (exact) mass is 744 g/mol. The highest BCUT2D eigenvalue weighted by molar-refractivity contribution is 14.1. The van der Waals surface area contributed by atoms with Gasteiger partial charge in [-0.05, 0) is 95.6 Å². The van der Waals surface area contributed by atoms with Crippen LogP contribution in [-0.2, 0) is 16.1 Å². The zero-order valence-corrected chi connectivity index (χ0v) is 27.9. The number of esters is 1. The molecule has 1 aromatic heterocycles. The number of benzene rings is 3. The number of hydrogen-bond donors (Lipinski definition) is 0. The molecule has 0 aliphatic carbocycles. The van der Waals surface area contributed by atoms with E-state index < -0.39 is 12.0 Å². The highest BCUT2D eigenvalue weighted by Crippen LogP contribution is 2.36. The molecule has 2 heterocycles. The summed E-state index contributed by atoms with van der Waals surface area (Å²) in [5, 5.41) is 0. The van der Waals surface area contributed by atoms with Crippen LogP contribution < -0.4 is 33.8 Å². The first-order chi connectivity index (χ1) is 21.8. The number of rotatable bonds is 11. The lowest BCUT2D eigenvalue weighted by Gasteiger charge is -2.23. The number of nitrogens with zero attached hydrogens (tertiary/aromatic N) is 2. The molecule has 0 saturated heterocycles. The van der Waals surface area contributed by atoms with Gasteiger partial charge in [0, 0.05) is 6.20 Å². The Bertz CT molecular complexity index is 1940. The Kier molecular flexibility index (Phi) is 10.2. The third kappa shape index (κ3) is 6.91. The summed E-state index contributed by atoms with van der Waals surface area (Å²) in [4.78, 5) is 31.7. The summed E-state index contributed by atoms with van der Waals surface area (Å²) in [6, 6.07) is 14.3. The van der Waals surface area contributed by atoms with Crippen molar-refractivity contribution in [2.24, 2.45) is 4.99 Å². The van der Waals surface area contributed by atoms with Crippen molar-refractivity contribution in [2.75, 3.05) is 27.4 Å². The number of halogens is 2. The Balaban J connectivity index is 1.56. The fraction of sp³-hybridized carbons (Fsp3) is 0.242. The van der Waals surface area contributed by atoms with Gasteiger partial charge in [0.05, 0.1) is 47.2 Å². The van der Waals surface area contributed by atoms with E-state index in [4.69, 9.17) is 23.7 Å². The molecule has 1 aliphatic rings. The molecule has 45 heavy (non-hydrogen) atoms. The lowest BCUT2D eigenvalue weighted by molar-refractivity contribution is -0.136. The van der Waals surface area contributed by atoms with Gasteiger partial charge in [0.15, 0.2) is 27.8 Å². The van der Waals surface area contributed by atoms with Crippen LogP contribution in [0.25, 0.3) is 6.08 Å². The van der Waals surface area contributed by atoms with E-state index in [0.29, 0.717) is 56.7 Å². The first-order valence-corrected chi connectivity index (χ1v) is 15.9. The van der Waals surface area contributed by atoms with Crippen LogP contribution in [0.3, 0.4) is 0 Å². The van der Waals surface area contributed by atoms with E-state index in [2.05, 4.69) is 27.6 Å². The molecular formula is C33H30FIN2O7S. The predicted molar refractivity (Wildman–Crippen MR) is 176 cm³/mol. The van der Waals surface area contributed by atoms with Gasteiger partial charge >= 0.3 is 5.97 Å². The van der Waals surface area contributed by atoms with Gasteiger partial charge in [0.25, 0.3) is 5.56 Å². The highest BCUT2D eigenvalue weighted by atomic mass is 127. The van der Waals surface area contributed by atoms with Crippen molar-refractivity contribution >= 4 is 46.0 Å². The maximum atomic E-state index is 14.0. The molecule has 9 nitrogen and oxygen atoms in total. The minimum absolute atomic E-state index is 0.210. The van der Waals surface area contributed by atoms with Gasteiger partial charge in [-0.1, -0.05) is 29.5 Å². The summed E-state index contributed by atoms with van der Waals surface area (Å²) in [5.41, 5.74) is 2.04. The standard InChI is InChI=1S/C33H30FIN2O7S/c1-5-42-25-12-9-21(16-26(25)43-6-2)29-23(32(39)41-4)17-36-33-37(29)31(38)28(45-33)15-20-13-24(35)30(27(14-20)40-3)44-18-19-7-10-22(34)11-8-19/h7-17,29H,5-6,18H2,1-4H3/b28-15-/t29-/m0/s1. The molecule has 0 radical (unpaired) electrons. The van der Waals surface area contributed by atoms with E-state index >= 15 is 0 Å². The number of ether oxygens (including phenoxy) is 5. The molecule has 0 unspecified atom stereocenters. The second kappa shape index (κ2) is 14.3. The zero-order chi connectivity index (χ0) is 32.1. The van der Waals surface area contributed by atoms with E-state index in [9.17, 15) is 14.0 Å². The second-order valence-electron chi connectivity index (χ2n) is 9.70. The van der Waals surface area contributed by atoms with Crippen molar-refractivity contribution in [3.63, 3.8) is 0 Å². The van der Waals surface area contributed by atoms with E-state index in [1.54, 1.807) is 42.5 Å². The Labute approximate surface area is 276 Å². The van der Waals surface area contributed by atoms with Crippen molar-refractivity contribution < 1.29 is 32.9 Å². The van der Waals surface area contributed by atoms with Crippen LogP contribution in [0.2, 0.25) is 0 Å². The Hall–Kier alpha value is -4.17. The van der Waals surface area contributed by atoms with Gasteiger partial charge in [0.1, 0.15) is 12.4 Å². The van der Waals surface area contributed by atoms with Crippen LogP contribution in [0.5, 0.6) is 23.0 Å². The van der Waals surface area contributed by atoms with Gasteiger partial charge in [-0.25, -0.2) is 14.2 Å². The largest absolute Gasteiger partial charge is 0.493 e. The minimum atomic E-state index is -0.803. The molecule has 4 aromatic rings. The van der Waals surface area contributed by atoms with Gasteiger partial charge in [0.2, 0.25) is 0 Å². The molecule has 0 fully saturated rings. The summed E-state index contributed by atoms with van der Waals surface area (Å²) >= 11 is 3.35. The molecule has 234 valence electrons. The average Bonchev–Trinajstić information content (AvgIpc) is 3.35. The highest BCUT2D eigenvalue weighted by Gasteiger charge is 2.31. The predicted octanol–water partition coefficient (Wildman–Crippen LogP) is 5.15. The molecule has 1 aliphatic heterocycles. The molecule has 3 aromatic carbocycles. The number of thiazole rings is 1. The summed E-state index contributed by atoms with van der Waals surface area (Å²) in [5.74, 6) is 1.16. The second-order valence-corrected chi connectivity index (χ2v) is 11.9. The summed E-state index contributed by atoms with van der Waals surface area (Å²) in [6.07, 6.45) is 3.20. The Morgan fingerprint density at radius 2 is 1.73 bits per heavy atom. The van der Waals surface area contributed by atoms with Crippen LogP contribution in [0.15, 0.2) is 76.2 Å². The molecule has 0 bridgehead atoms. The van der Waals surface area contributed by atoms with Crippen LogP contribution in [0.1, 0.15) is 36.6 Å². The maximum Gasteiger partial charge on any atom is 0.337 e. The van der Waals surface area contributed by atoms with Crippen molar-refractivity contribution in [3.8, 4) is 23.0 Å². The van der Waals surface area contributed by atoms with Crippen molar-refractivity contribution in [1.82, 2.24) is 4.57 Å². The third-order valence-corrected chi connectivity index (χ3v) is 8.65. The van der Waals surface area contributed by atoms with Crippen molar-refractivity contribution in [2.45, 2.75) is 26.5 Å². The lowest BCUT2D eigenvalue weighted by atomic mass is 9.97. The molecule has 0 amide bonds. The summed E-state index contributed by atoms with van der Waals surface area (Å²) in [6.45, 7) is 4.83. The SMILES string of the molecule is CCOc1ccc([C@H]2C(C(=O)OC)=CN=c3s/c(=C\c4cc(I)c(OCc5ccc(F)cc5)c(OC)c4)c(=O)n32)cc1OCC.